The molecule has 0 aromatic heterocycles. The smallest absolute Gasteiger partial charge is 0.0791 e. The molecule has 1 saturated heterocycles. The second-order valence-electron chi connectivity index (χ2n) is 3.18. The number of hydrogen-bond acceptors (Lipinski definition) is 3. The molecule has 0 radical (unpaired) electrons. The second kappa shape index (κ2) is 3.32. The van der Waals surface area contributed by atoms with Gasteiger partial charge in [-0.05, 0) is 14.0 Å². The molecule has 2 atom stereocenters. The topological polar surface area (TPSA) is 35.5 Å². The number of nitrogens with one attached hydrogen (secondary N) is 1. The Balaban J connectivity index is 2.38. The van der Waals surface area contributed by atoms with E-state index in [0.717, 1.165) is 19.6 Å². The molecule has 0 aromatic rings. The maximum atomic E-state index is 9.27. The van der Waals surface area contributed by atoms with Gasteiger partial charge in [-0.15, -0.1) is 0 Å². The molecular formula is C7H16N2O. The fourth-order valence-corrected chi connectivity index (χ4v) is 1.37. The van der Waals surface area contributed by atoms with Gasteiger partial charge in [0.15, 0.2) is 0 Å². The zero-order chi connectivity index (χ0) is 7.56. The van der Waals surface area contributed by atoms with Crippen LogP contribution in [-0.4, -0.2) is 48.8 Å². The van der Waals surface area contributed by atoms with Crippen molar-refractivity contribution in [1.82, 2.24) is 10.2 Å². The van der Waals surface area contributed by atoms with Crippen LogP contribution < -0.4 is 5.32 Å². The van der Waals surface area contributed by atoms with Gasteiger partial charge in [0.05, 0.1) is 6.10 Å². The van der Waals surface area contributed by atoms with Crippen molar-refractivity contribution < 1.29 is 5.11 Å². The third-order valence-electron chi connectivity index (χ3n) is 1.81. The largest absolute Gasteiger partial charge is 0.390 e. The number of hydrogen-bond donors (Lipinski definition) is 2. The zero-order valence-corrected chi connectivity index (χ0v) is 6.67. The van der Waals surface area contributed by atoms with Gasteiger partial charge in [-0.1, -0.05) is 0 Å². The van der Waals surface area contributed by atoms with Crippen molar-refractivity contribution in [1.29, 1.82) is 0 Å². The van der Waals surface area contributed by atoms with Crippen LogP contribution in [0, 0.1) is 0 Å². The Morgan fingerprint density at radius 1 is 1.50 bits per heavy atom. The van der Waals surface area contributed by atoms with Crippen LogP contribution in [0.2, 0.25) is 0 Å². The van der Waals surface area contributed by atoms with E-state index in [1.54, 1.807) is 0 Å². The Morgan fingerprint density at radius 2 is 2.20 bits per heavy atom. The van der Waals surface area contributed by atoms with Crippen molar-refractivity contribution in [3.05, 3.63) is 0 Å². The molecule has 0 aliphatic carbocycles. The number of β-amino-alcohol motifs (C(OH)–C–C–N with tert-alkyl or cyclic N) is 1. The van der Waals surface area contributed by atoms with E-state index in [1.807, 2.05) is 7.05 Å². The fourth-order valence-electron chi connectivity index (χ4n) is 1.37. The molecule has 0 spiro atoms. The minimum Gasteiger partial charge on any atom is -0.390 e. The monoisotopic (exact) mass is 144 g/mol. The Bertz CT molecular complexity index is 95.8. The van der Waals surface area contributed by atoms with Crippen LogP contribution in [-0.2, 0) is 0 Å². The standard InChI is InChI=1S/C7H16N2O/c1-6-4-9(2)5-7(10)3-8-6/h6-8,10H,3-5H2,1-2H3. The van der Waals surface area contributed by atoms with Crippen LogP contribution in [0.1, 0.15) is 6.92 Å². The summed E-state index contributed by atoms with van der Waals surface area (Å²) in [6.45, 7) is 4.68. The van der Waals surface area contributed by atoms with Crippen molar-refractivity contribution >= 4 is 0 Å². The SMILES string of the molecule is CC1CN(C)CC(O)CN1. The number of likely N-dealkylation sites (N-methyl/N-ethyl adjacent to an activating group) is 1. The first-order valence-corrected chi connectivity index (χ1v) is 3.78. The minimum atomic E-state index is -0.199. The van der Waals surface area contributed by atoms with Crippen molar-refractivity contribution in [2.75, 3.05) is 26.7 Å². The summed E-state index contributed by atoms with van der Waals surface area (Å²) in [5.74, 6) is 0. The van der Waals surface area contributed by atoms with Gasteiger partial charge in [0, 0.05) is 25.7 Å². The Kier molecular flexibility index (Phi) is 2.65. The van der Waals surface area contributed by atoms with E-state index >= 15 is 0 Å². The fraction of sp³-hybridized carbons (Fsp3) is 1.00. The second-order valence-corrected chi connectivity index (χ2v) is 3.18. The lowest BCUT2D eigenvalue weighted by Crippen LogP contribution is -2.33. The normalized spacial score (nSPS) is 37.5. The van der Waals surface area contributed by atoms with Gasteiger partial charge in [-0.2, -0.15) is 0 Å². The number of rotatable bonds is 0. The summed E-state index contributed by atoms with van der Waals surface area (Å²) in [5, 5.41) is 12.5. The summed E-state index contributed by atoms with van der Waals surface area (Å²) in [6.07, 6.45) is -0.199. The van der Waals surface area contributed by atoms with E-state index in [2.05, 4.69) is 17.1 Å². The Morgan fingerprint density at radius 3 is 2.90 bits per heavy atom. The molecule has 0 saturated carbocycles. The third-order valence-corrected chi connectivity index (χ3v) is 1.81. The predicted molar refractivity (Wildman–Crippen MR) is 41.0 cm³/mol. The highest BCUT2D eigenvalue weighted by Gasteiger charge is 2.15. The van der Waals surface area contributed by atoms with Gasteiger partial charge in [-0.3, -0.25) is 0 Å². The van der Waals surface area contributed by atoms with Gasteiger partial charge in [-0.25, -0.2) is 0 Å². The number of nitrogens with zero attached hydrogens (tertiary/aromatic N) is 1. The Labute approximate surface area is 62.0 Å². The van der Waals surface area contributed by atoms with Crippen molar-refractivity contribution in [3.8, 4) is 0 Å². The van der Waals surface area contributed by atoms with Crippen LogP contribution >= 0.6 is 0 Å². The zero-order valence-electron chi connectivity index (χ0n) is 6.67. The highest BCUT2D eigenvalue weighted by atomic mass is 16.3. The lowest BCUT2D eigenvalue weighted by atomic mass is 10.3. The molecule has 1 aliphatic heterocycles. The molecule has 0 bridgehead atoms. The molecule has 60 valence electrons. The maximum absolute atomic E-state index is 9.27. The first kappa shape index (κ1) is 7.98. The molecule has 1 rings (SSSR count). The molecule has 0 aromatic carbocycles. The van der Waals surface area contributed by atoms with Gasteiger partial charge in [0.25, 0.3) is 0 Å². The molecule has 2 N–H and O–H groups in total. The van der Waals surface area contributed by atoms with E-state index in [0.29, 0.717) is 6.04 Å². The molecular weight excluding hydrogens is 128 g/mol. The summed E-state index contributed by atoms with van der Waals surface area (Å²) in [5.41, 5.74) is 0. The minimum absolute atomic E-state index is 0.199. The van der Waals surface area contributed by atoms with E-state index < -0.39 is 0 Å². The van der Waals surface area contributed by atoms with E-state index in [4.69, 9.17) is 0 Å². The Hall–Kier alpha value is -0.120. The summed E-state index contributed by atoms with van der Waals surface area (Å²) in [6, 6.07) is 0.502. The molecule has 2 unspecified atom stereocenters. The molecule has 0 amide bonds. The average molecular weight is 144 g/mol. The summed E-state index contributed by atoms with van der Waals surface area (Å²) < 4.78 is 0. The lowest BCUT2D eigenvalue weighted by molar-refractivity contribution is 0.143. The summed E-state index contributed by atoms with van der Waals surface area (Å²) in [4.78, 5) is 2.15. The summed E-state index contributed by atoms with van der Waals surface area (Å²) in [7, 11) is 2.03. The lowest BCUT2D eigenvalue weighted by Gasteiger charge is -2.16. The van der Waals surface area contributed by atoms with Gasteiger partial charge in [0.1, 0.15) is 0 Å². The van der Waals surface area contributed by atoms with Gasteiger partial charge >= 0.3 is 0 Å². The van der Waals surface area contributed by atoms with E-state index in [-0.39, 0.29) is 6.10 Å². The van der Waals surface area contributed by atoms with Crippen molar-refractivity contribution in [2.24, 2.45) is 0 Å². The van der Waals surface area contributed by atoms with Crippen molar-refractivity contribution in [3.63, 3.8) is 0 Å². The number of aliphatic hydroxyl groups excluding tert-OH is 1. The quantitative estimate of drug-likeness (QED) is 0.470. The highest BCUT2D eigenvalue weighted by molar-refractivity contribution is 4.75. The first-order valence-electron chi connectivity index (χ1n) is 3.78. The third kappa shape index (κ3) is 2.25. The van der Waals surface area contributed by atoms with Crippen LogP contribution in [0.25, 0.3) is 0 Å². The average Bonchev–Trinajstić information content (AvgIpc) is 1.93. The van der Waals surface area contributed by atoms with Crippen LogP contribution in [0.5, 0.6) is 0 Å². The molecule has 3 nitrogen and oxygen atoms in total. The predicted octanol–water partition coefficient (Wildman–Crippen LogP) is -0.729. The van der Waals surface area contributed by atoms with Crippen LogP contribution in [0.4, 0.5) is 0 Å². The molecule has 3 heteroatoms. The molecule has 1 aliphatic rings. The summed E-state index contributed by atoms with van der Waals surface area (Å²) >= 11 is 0. The van der Waals surface area contributed by atoms with Crippen molar-refractivity contribution in [2.45, 2.75) is 19.1 Å². The highest BCUT2D eigenvalue weighted by Crippen LogP contribution is 1.96. The van der Waals surface area contributed by atoms with Crippen LogP contribution in [0.3, 0.4) is 0 Å². The number of aliphatic hydroxyl groups is 1. The molecule has 10 heavy (non-hydrogen) atoms. The van der Waals surface area contributed by atoms with Gasteiger partial charge < -0.3 is 15.3 Å². The first-order chi connectivity index (χ1) is 4.68. The van der Waals surface area contributed by atoms with E-state index in [1.165, 1.54) is 0 Å². The van der Waals surface area contributed by atoms with E-state index in [9.17, 15) is 5.11 Å². The molecule has 1 heterocycles. The maximum Gasteiger partial charge on any atom is 0.0791 e. The van der Waals surface area contributed by atoms with Crippen LogP contribution in [0.15, 0.2) is 0 Å². The molecule has 1 fully saturated rings. The van der Waals surface area contributed by atoms with Gasteiger partial charge in [0.2, 0.25) is 0 Å².